The molecule has 0 aliphatic carbocycles. The lowest BCUT2D eigenvalue weighted by molar-refractivity contribution is -0.140. The van der Waals surface area contributed by atoms with Gasteiger partial charge in [-0.05, 0) is 37.5 Å². The molecule has 2 aromatic rings. The van der Waals surface area contributed by atoms with Crippen molar-refractivity contribution in [3.63, 3.8) is 0 Å². The summed E-state index contributed by atoms with van der Waals surface area (Å²) < 4.78 is 10.8. The van der Waals surface area contributed by atoms with Gasteiger partial charge in [-0.25, -0.2) is 0 Å². The molecule has 2 aliphatic heterocycles. The maximum absolute atomic E-state index is 12.3. The quantitative estimate of drug-likeness (QED) is 0.693. The molecule has 1 saturated heterocycles. The molecule has 3 unspecified atom stereocenters. The Morgan fingerprint density at radius 1 is 1.16 bits per heavy atom. The van der Waals surface area contributed by atoms with E-state index in [1.807, 2.05) is 6.07 Å². The van der Waals surface area contributed by atoms with E-state index in [0.717, 1.165) is 29.8 Å². The van der Waals surface area contributed by atoms with Crippen molar-refractivity contribution in [1.29, 1.82) is 0 Å². The molecule has 164 valence electrons. The Morgan fingerprint density at radius 2 is 1.94 bits per heavy atom. The van der Waals surface area contributed by atoms with E-state index in [0.29, 0.717) is 5.92 Å². The van der Waals surface area contributed by atoms with E-state index in [1.165, 1.54) is 23.8 Å². The fourth-order valence-corrected chi connectivity index (χ4v) is 4.81. The highest BCUT2D eigenvalue weighted by Crippen LogP contribution is 2.50. The molecule has 31 heavy (non-hydrogen) atoms. The first-order chi connectivity index (χ1) is 14.9. The monoisotopic (exact) mass is 422 g/mol. The fraction of sp³-hybridized carbons (Fsp3) is 0.440. The highest BCUT2D eigenvalue weighted by Gasteiger charge is 2.41. The Labute approximate surface area is 183 Å². The van der Waals surface area contributed by atoms with E-state index in [1.54, 1.807) is 0 Å². The minimum Gasteiger partial charge on any atom is -0.469 e. The number of hydrogen-bond acceptors (Lipinski definition) is 5. The summed E-state index contributed by atoms with van der Waals surface area (Å²) in [6, 6.07) is 13.1. The normalized spacial score (nSPS) is 21.6. The minimum absolute atomic E-state index is 0.0319. The summed E-state index contributed by atoms with van der Waals surface area (Å²) in [4.78, 5) is 23.5. The predicted octanol–water partition coefficient (Wildman–Crippen LogP) is 3.77. The Kier molecular flexibility index (Phi) is 6.28. The molecule has 0 radical (unpaired) electrons. The zero-order valence-electron chi connectivity index (χ0n) is 18.4. The molecule has 2 aliphatic rings. The summed E-state index contributed by atoms with van der Waals surface area (Å²) in [6.45, 7) is 5.30. The molecular formula is C25H30N2O4. The standard InChI is InChI=1S/C25H30N2O4/c1-15-10-16(2)12-18(11-15)24-19-7-9-31-25(19)20-13-17(4-5-21(20)27-24)14-22(28)26-8-6-23(29)30-3/h4-5,10-13,19,24-25,27H,6-9,14H2,1-3H3,(H,26,28). The van der Waals surface area contributed by atoms with E-state index >= 15 is 0 Å². The number of esters is 1. The molecule has 0 saturated carbocycles. The maximum Gasteiger partial charge on any atom is 0.307 e. The van der Waals surface area contributed by atoms with Gasteiger partial charge in [-0.3, -0.25) is 9.59 Å². The van der Waals surface area contributed by atoms with Crippen molar-refractivity contribution in [2.75, 3.05) is 25.6 Å². The van der Waals surface area contributed by atoms with Crippen molar-refractivity contribution in [3.8, 4) is 0 Å². The number of amides is 1. The topological polar surface area (TPSA) is 76.7 Å². The molecule has 0 spiro atoms. The zero-order valence-corrected chi connectivity index (χ0v) is 18.4. The Bertz CT molecular complexity index is 967. The molecule has 2 aromatic carbocycles. The molecule has 0 aromatic heterocycles. The van der Waals surface area contributed by atoms with Crippen LogP contribution in [-0.2, 0) is 25.5 Å². The van der Waals surface area contributed by atoms with Gasteiger partial charge in [-0.1, -0.05) is 41.5 Å². The summed E-state index contributed by atoms with van der Waals surface area (Å²) >= 11 is 0. The highest BCUT2D eigenvalue weighted by atomic mass is 16.5. The summed E-state index contributed by atoms with van der Waals surface area (Å²) in [6.07, 6.45) is 1.48. The van der Waals surface area contributed by atoms with Crippen molar-refractivity contribution in [1.82, 2.24) is 5.32 Å². The van der Waals surface area contributed by atoms with Gasteiger partial charge in [0.2, 0.25) is 5.91 Å². The Balaban J connectivity index is 1.50. The van der Waals surface area contributed by atoms with Gasteiger partial charge in [0.1, 0.15) is 0 Å². The second kappa shape index (κ2) is 9.10. The van der Waals surface area contributed by atoms with Crippen LogP contribution in [0.5, 0.6) is 0 Å². The first kappa shape index (κ1) is 21.4. The van der Waals surface area contributed by atoms with Gasteiger partial charge in [-0.15, -0.1) is 0 Å². The van der Waals surface area contributed by atoms with Crippen molar-refractivity contribution in [2.24, 2.45) is 5.92 Å². The second-order valence-electron chi connectivity index (χ2n) is 8.56. The van der Waals surface area contributed by atoms with Crippen LogP contribution in [0.3, 0.4) is 0 Å². The van der Waals surface area contributed by atoms with Crippen LogP contribution in [-0.4, -0.2) is 32.1 Å². The lowest BCUT2D eigenvalue weighted by Gasteiger charge is -2.37. The van der Waals surface area contributed by atoms with Crippen molar-refractivity contribution >= 4 is 17.6 Å². The van der Waals surface area contributed by atoms with Crippen LogP contribution in [0.15, 0.2) is 36.4 Å². The molecule has 3 atom stereocenters. The smallest absolute Gasteiger partial charge is 0.307 e. The number of carbonyl (C=O) groups is 2. The van der Waals surface area contributed by atoms with Gasteiger partial charge in [0, 0.05) is 30.3 Å². The van der Waals surface area contributed by atoms with Gasteiger partial charge < -0.3 is 20.1 Å². The van der Waals surface area contributed by atoms with Gasteiger partial charge in [0.25, 0.3) is 0 Å². The van der Waals surface area contributed by atoms with E-state index in [4.69, 9.17) is 4.74 Å². The van der Waals surface area contributed by atoms with E-state index in [2.05, 4.69) is 59.5 Å². The van der Waals surface area contributed by atoms with Crippen LogP contribution in [0, 0.1) is 19.8 Å². The largest absolute Gasteiger partial charge is 0.469 e. The van der Waals surface area contributed by atoms with Crippen molar-refractivity contribution in [3.05, 3.63) is 64.2 Å². The van der Waals surface area contributed by atoms with Crippen molar-refractivity contribution in [2.45, 2.75) is 45.3 Å². The summed E-state index contributed by atoms with van der Waals surface area (Å²) in [5, 5.41) is 6.52. The number of rotatable bonds is 6. The Morgan fingerprint density at radius 3 is 2.68 bits per heavy atom. The minimum atomic E-state index is -0.331. The number of aryl methyl sites for hydroxylation is 2. The average molecular weight is 423 g/mol. The van der Waals surface area contributed by atoms with Gasteiger partial charge in [0.05, 0.1) is 32.1 Å². The zero-order chi connectivity index (χ0) is 22.0. The van der Waals surface area contributed by atoms with Crippen LogP contribution in [0.1, 0.15) is 52.8 Å². The van der Waals surface area contributed by atoms with E-state index in [-0.39, 0.29) is 43.4 Å². The second-order valence-corrected chi connectivity index (χ2v) is 8.56. The number of benzene rings is 2. The number of fused-ring (bicyclic) bond motifs is 3. The first-order valence-electron chi connectivity index (χ1n) is 10.9. The van der Waals surface area contributed by atoms with E-state index < -0.39 is 0 Å². The number of hydrogen-bond donors (Lipinski definition) is 2. The molecule has 1 amide bonds. The molecule has 6 heteroatoms. The molecule has 6 nitrogen and oxygen atoms in total. The number of carbonyl (C=O) groups excluding carboxylic acids is 2. The number of anilines is 1. The van der Waals surface area contributed by atoms with Crippen LogP contribution in [0.2, 0.25) is 0 Å². The third kappa shape index (κ3) is 4.74. The Hall–Kier alpha value is -2.86. The van der Waals surface area contributed by atoms with Crippen LogP contribution in [0.4, 0.5) is 5.69 Å². The molecule has 4 rings (SSSR count). The molecular weight excluding hydrogens is 392 g/mol. The molecule has 1 fully saturated rings. The fourth-order valence-electron chi connectivity index (χ4n) is 4.81. The summed E-state index contributed by atoms with van der Waals surface area (Å²) in [5.41, 5.74) is 6.98. The van der Waals surface area contributed by atoms with Crippen molar-refractivity contribution < 1.29 is 19.1 Å². The number of ether oxygens (including phenoxy) is 2. The summed E-state index contributed by atoms with van der Waals surface area (Å²) in [7, 11) is 1.34. The SMILES string of the molecule is COC(=O)CCNC(=O)Cc1ccc2c(c1)C1OCCC1C(c1cc(C)cc(C)c1)N2. The third-order valence-electron chi connectivity index (χ3n) is 6.15. The average Bonchev–Trinajstić information content (AvgIpc) is 3.22. The van der Waals surface area contributed by atoms with Crippen LogP contribution in [0.25, 0.3) is 0 Å². The van der Waals surface area contributed by atoms with E-state index in [9.17, 15) is 9.59 Å². The lowest BCUT2D eigenvalue weighted by Crippen LogP contribution is -2.30. The summed E-state index contributed by atoms with van der Waals surface area (Å²) in [5.74, 6) is -0.0783. The predicted molar refractivity (Wildman–Crippen MR) is 119 cm³/mol. The number of nitrogens with one attached hydrogen (secondary N) is 2. The van der Waals surface area contributed by atoms with Crippen LogP contribution >= 0.6 is 0 Å². The maximum atomic E-state index is 12.3. The molecule has 2 N–H and O–H groups in total. The van der Waals surface area contributed by atoms with Gasteiger partial charge in [0.15, 0.2) is 0 Å². The van der Waals surface area contributed by atoms with Crippen LogP contribution < -0.4 is 10.6 Å². The van der Waals surface area contributed by atoms with Gasteiger partial charge >= 0.3 is 5.97 Å². The number of methoxy groups -OCH3 is 1. The molecule has 2 heterocycles. The lowest BCUT2D eigenvalue weighted by atomic mass is 9.80. The highest BCUT2D eigenvalue weighted by molar-refractivity contribution is 5.79. The third-order valence-corrected chi connectivity index (χ3v) is 6.15. The van der Waals surface area contributed by atoms with Gasteiger partial charge in [-0.2, -0.15) is 0 Å². The molecule has 0 bridgehead atoms. The first-order valence-corrected chi connectivity index (χ1v) is 10.9.